The zero-order chi connectivity index (χ0) is 26.2. The predicted octanol–water partition coefficient (Wildman–Crippen LogP) is 7.27. The number of halogens is 4. The Kier molecular flexibility index (Phi) is 5.17. The second kappa shape index (κ2) is 8.21. The molecule has 0 fully saturated rings. The number of aryl methyl sites for hydroxylation is 1. The molecule has 4 nitrogen and oxygen atoms in total. The molecular weight excluding hydrogens is 504 g/mol. The Bertz CT molecular complexity index is 1780. The molecule has 0 bridgehead atoms. The highest BCUT2D eigenvalue weighted by Gasteiger charge is 2.34. The third kappa shape index (κ3) is 3.30. The highest BCUT2D eigenvalue weighted by molar-refractivity contribution is 7.21. The quantitative estimate of drug-likeness (QED) is 0.0827. The Morgan fingerprint density at radius 1 is 0.892 bits per heavy atom. The fourth-order valence-corrected chi connectivity index (χ4v) is 5.78. The molecule has 3 aromatic carbocycles. The number of rotatable bonds is 3. The number of nitrogens with zero attached hydrogens (tertiary/aromatic N) is 2. The molecule has 5 aromatic rings. The van der Waals surface area contributed by atoms with E-state index < -0.39 is 34.4 Å². The molecule has 0 spiro atoms. The van der Waals surface area contributed by atoms with Crippen LogP contribution in [0.25, 0.3) is 37.8 Å². The Hall–Kier alpha value is -4.11. The SMILES string of the molecule is CCn1c(C=C2C(=O)c3cc4ccccc4cc3C2=O)cc2sc(-c3c(F)c(C)c(F)c(F)c3F)nc21. The highest BCUT2D eigenvalue weighted by atomic mass is 32.1. The Morgan fingerprint density at radius 3 is 2.11 bits per heavy atom. The van der Waals surface area contributed by atoms with Gasteiger partial charge in [-0.25, -0.2) is 22.5 Å². The lowest BCUT2D eigenvalue weighted by Gasteiger charge is -2.08. The lowest BCUT2D eigenvalue weighted by atomic mass is 10.0. The molecule has 0 radical (unpaired) electrons. The van der Waals surface area contributed by atoms with Gasteiger partial charge in [0.1, 0.15) is 10.8 Å². The van der Waals surface area contributed by atoms with Crippen molar-refractivity contribution in [1.82, 2.24) is 9.55 Å². The molecule has 0 aliphatic heterocycles. The van der Waals surface area contributed by atoms with E-state index in [1.807, 2.05) is 31.2 Å². The van der Waals surface area contributed by atoms with Crippen molar-refractivity contribution in [1.29, 1.82) is 0 Å². The maximum Gasteiger partial charge on any atom is 0.197 e. The normalized spacial score (nSPS) is 13.3. The lowest BCUT2D eigenvalue weighted by molar-refractivity contribution is 0.0990. The number of aromatic nitrogens is 2. The summed E-state index contributed by atoms with van der Waals surface area (Å²) in [6.07, 6.45) is 1.50. The molecule has 2 aromatic heterocycles. The zero-order valence-corrected chi connectivity index (χ0v) is 20.3. The van der Waals surface area contributed by atoms with E-state index in [-0.39, 0.29) is 22.1 Å². The molecule has 0 unspecified atom stereocenters. The van der Waals surface area contributed by atoms with E-state index >= 15 is 0 Å². The number of benzene rings is 3. The van der Waals surface area contributed by atoms with Gasteiger partial charge >= 0.3 is 0 Å². The molecule has 0 saturated carbocycles. The van der Waals surface area contributed by atoms with Crippen LogP contribution in [0.4, 0.5) is 17.6 Å². The summed E-state index contributed by atoms with van der Waals surface area (Å²) in [6, 6.07) is 12.5. The van der Waals surface area contributed by atoms with Crippen LogP contribution >= 0.6 is 11.3 Å². The van der Waals surface area contributed by atoms with Gasteiger partial charge in [0, 0.05) is 28.9 Å². The molecule has 1 aliphatic carbocycles. The van der Waals surface area contributed by atoms with Gasteiger partial charge in [-0.2, -0.15) is 0 Å². The number of hydrogen-bond acceptors (Lipinski definition) is 4. The van der Waals surface area contributed by atoms with E-state index in [1.54, 1.807) is 22.8 Å². The summed E-state index contributed by atoms with van der Waals surface area (Å²) >= 11 is 0.901. The van der Waals surface area contributed by atoms with Gasteiger partial charge in [-0.1, -0.05) is 24.3 Å². The molecule has 6 rings (SSSR count). The van der Waals surface area contributed by atoms with Gasteiger partial charge < -0.3 is 4.57 Å². The van der Waals surface area contributed by atoms with Gasteiger partial charge in [0.15, 0.2) is 34.7 Å². The number of thiazole rings is 1. The van der Waals surface area contributed by atoms with Crippen molar-refractivity contribution in [3.63, 3.8) is 0 Å². The molecule has 0 atom stereocenters. The minimum absolute atomic E-state index is 0.0127. The van der Waals surface area contributed by atoms with Crippen molar-refractivity contribution in [2.75, 3.05) is 0 Å². The molecule has 1 aliphatic rings. The molecule has 9 heteroatoms. The van der Waals surface area contributed by atoms with Crippen LogP contribution in [-0.2, 0) is 6.54 Å². The van der Waals surface area contributed by atoms with Gasteiger partial charge in [-0.3, -0.25) is 9.59 Å². The summed E-state index contributed by atoms with van der Waals surface area (Å²) in [5.74, 6) is -6.96. The number of ketones is 2. The summed E-state index contributed by atoms with van der Waals surface area (Å²) in [4.78, 5) is 30.6. The van der Waals surface area contributed by atoms with Crippen molar-refractivity contribution in [3.05, 3.63) is 93.7 Å². The summed E-state index contributed by atoms with van der Waals surface area (Å²) < 4.78 is 59.2. The van der Waals surface area contributed by atoms with Gasteiger partial charge in [0.25, 0.3) is 0 Å². The number of carbonyl (C=O) groups excluding carboxylic acids is 2. The summed E-state index contributed by atoms with van der Waals surface area (Å²) in [5.41, 5.74) is 0.180. The molecule has 37 heavy (non-hydrogen) atoms. The standard InChI is InChI=1S/C28H16F4N2O2S/c1-3-34-15(10-18-25(35)16-8-13-6-4-5-7-14(13)9-17(16)26(18)36)11-19-27(34)33-28(37-19)20-21(29)12(2)22(30)24(32)23(20)31/h4-11H,3H2,1-2H3. The minimum Gasteiger partial charge on any atom is -0.325 e. The number of carbonyl (C=O) groups is 2. The van der Waals surface area contributed by atoms with E-state index in [4.69, 9.17) is 0 Å². The van der Waals surface area contributed by atoms with E-state index in [2.05, 4.69) is 4.98 Å². The molecule has 0 amide bonds. The fraction of sp³-hybridized carbons (Fsp3) is 0.107. The van der Waals surface area contributed by atoms with Gasteiger partial charge in [-0.15, -0.1) is 11.3 Å². The molecular formula is C28H16F4N2O2S. The summed E-state index contributed by atoms with van der Waals surface area (Å²) in [6.45, 7) is 3.20. The van der Waals surface area contributed by atoms with Crippen LogP contribution in [0.2, 0.25) is 0 Å². The number of hydrogen-bond donors (Lipinski definition) is 0. The molecule has 184 valence electrons. The lowest BCUT2D eigenvalue weighted by Crippen LogP contribution is -2.04. The Labute approximate surface area is 211 Å². The smallest absolute Gasteiger partial charge is 0.197 e. The average Bonchev–Trinajstić information content (AvgIpc) is 3.51. The maximum atomic E-state index is 14.7. The van der Waals surface area contributed by atoms with Crippen molar-refractivity contribution in [3.8, 4) is 10.6 Å². The number of Topliss-reactive ketones (excluding diaryl/α,β-unsaturated/α-hetero) is 2. The number of fused-ring (bicyclic) bond motifs is 3. The first kappa shape index (κ1) is 23.3. The van der Waals surface area contributed by atoms with Gasteiger partial charge in [-0.05, 0) is 48.9 Å². The third-order valence-electron chi connectivity index (χ3n) is 6.65. The zero-order valence-electron chi connectivity index (χ0n) is 19.5. The highest BCUT2D eigenvalue weighted by Crippen LogP contribution is 2.39. The Morgan fingerprint density at radius 2 is 1.51 bits per heavy atom. The average molecular weight is 521 g/mol. The van der Waals surface area contributed by atoms with Crippen molar-refractivity contribution < 1.29 is 27.2 Å². The van der Waals surface area contributed by atoms with E-state index in [0.29, 0.717) is 33.7 Å². The fourth-order valence-electron chi connectivity index (χ4n) is 4.73. The monoisotopic (exact) mass is 520 g/mol. The minimum atomic E-state index is -1.76. The van der Waals surface area contributed by atoms with Crippen LogP contribution in [0.15, 0.2) is 48.0 Å². The number of allylic oxidation sites excluding steroid dienone is 1. The van der Waals surface area contributed by atoms with Crippen LogP contribution in [0.5, 0.6) is 0 Å². The largest absolute Gasteiger partial charge is 0.325 e. The van der Waals surface area contributed by atoms with Crippen molar-refractivity contribution in [2.24, 2.45) is 0 Å². The first-order valence-electron chi connectivity index (χ1n) is 11.4. The van der Waals surface area contributed by atoms with E-state index in [9.17, 15) is 27.2 Å². The predicted molar refractivity (Wildman–Crippen MR) is 134 cm³/mol. The van der Waals surface area contributed by atoms with Crippen LogP contribution in [0, 0.1) is 30.2 Å². The van der Waals surface area contributed by atoms with Gasteiger partial charge in [0.2, 0.25) is 0 Å². The molecule has 0 saturated heterocycles. The van der Waals surface area contributed by atoms with Crippen LogP contribution < -0.4 is 0 Å². The third-order valence-corrected chi connectivity index (χ3v) is 7.66. The van der Waals surface area contributed by atoms with Gasteiger partial charge in [0.05, 0.1) is 15.8 Å². The maximum absolute atomic E-state index is 14.7. The van der Waals surface area contributed by atoms with Crippen LogP contribution in [0.3, 0.4) is 0 Å². The van der Waals surface area contributed by atoms with Crippen molar-refractivity contribution in [2.45, 2.75) is 20.4 Å². The second-order valence-electron chi connectivity index (χ2n) is 8.74. The first-order valence-corrected chi connectivity index (χ1v) is 12.2. The Balaban J connectivity index is 1.46. The van der Waals surface area contributed by atoms with Crippen LogP contribution in [-0.4, -0.2) is 21.1 Å². The summed E-state index contributed by atoms with van der Waals surface area (Å²) in [7, 11) is 0. The first-order chi connectivity index (χ1) is 17.7. The van der Waals surface area contributed by atoms with Crippen LogP contribution in [0.1, 0.15) is 38.9 Å². The summed E-state index contributed by atoms with van der Waals surface area (Å²) in [5, 5.41) is 1.56. The van der Waals surface area contributed by atoms with Crippen molar-refractivity contribution >= 4 is 50.1 Å². The van der Waals surface area contributed by atoms with E-state index in [0.717, 1.165) is 29.0 Å². The van der Waals surface area contributed by atoms with E-state index in [1.165, 1.54) is 6.08 Å². The second-order valence-corrected chi connectivity index (χ2v) is 9.77. The molecule has 0 N–H and O–H groups in total. The topological polar surface area (TPSA) is 52.0 Å². The molecule has 2 heterocycles.